The quantitative estimate of drug-likeness (QED) is 0.437. The van der Waals surface area contributed by atoms with Gasteiger partial charge in [0.2, 0.25) is 5.28 Å². The molecule has 1 aliphatic heterocycles. The lowest BCUT2D eigenvalue weighted by Gasteiger charge is -2.34. The summed E-state index contributed by atoms with van der Waals surface area (Å²) < 4.78 is 6.72. The maximum atomic E-state index is 11.4. The Hall–Kier alpha value is -1.56. The van der Waals surface area contributed by atoms with Crippen molar-refractivity contribution in [3.05, 3.63) is 11.6 Å². The first-order chi connectivity index (χ1) is 13.6. The topological polar surface area (TPSA) is 146 Å². The molecule has 4 atom stereocenters. The molecule has 0 unspecified atom stereocenters. The summed E-state index contributed by atoms with van der Waals surface area (Å²) in [6.45, 7) is 2.61. The van der Waals surface area contributed by atoms with Gasteiger partial charge in [0.05, 0.1) is 6.61 Å². The molecule has 3 heterocycles. The van der Waals surface area contributed by atoms with Crippen LogP contribution >= 0.6 is 11.6 Å². The number of aromatic nitrogens is 4. The fourth-order valence-electron chi connectivity index (χ4n) is 5.38. The van der Waals surface area contributed by atoms with Gasteiger partial charge in [-0.3, -0.25) is 4.57 Å². The van der Waals surface area contributed by atoms with Gasteiger partial charge in [0.1, 0.15) is 18.0 Å². The molecule has 0 aromatic carbocycles. The van der Waals surface area contributed by atoms with Crippen LogP contribution in [0.15, 0.2) is 6.33 Å². The number of imidazole rings is 1. The van der Waals surface area contributed by atoms with Crippen LogP contribution in [0, 0.1) is 5.41 Å². The van der Waals surface area contributed by atoms with E-state index >= 15 is 0 Å². The smallest absolute Gasteiger partial charge is 0.290 e. The van der Waals surface area contributed by atoms with E-state index in [1.807, 2.05) is 0 Å². The van der Waals surface area contributed by atoms with Gasteiger partial charge in [-0.2, -0.15) is 9.97 Å². The van der Waals surface area contributed by atoms with Gasteiger partial charge in [0.25, 0.3) is 5.91 Å². The summed E-state index contributed by atoms with van der Waals surface area (Å²) in [5.74, 6) is -1.97. The Morgan fingerprint density at radius 3 is 2.55 bits per heavy atom. The molecule has 3 fully saturated rings. The number of aliphatic hydroxyl groups excluding tert-OH is 1. The van der Waals surface area contributed by atoms with Gasteiger partial charge in [0.15, 0.2) is 22.6 Å². The third kappa shape index (κ3) is 2.07. The van der Waals surface area contributed by atoms with Crippen LogP contribution in [-0.2, 0) is 10.6 Å². The van der Waals surface area contributed by atoms with E-state index in [-0.39, 0.29) is 17.0 Å². The van der Waals surface area contributed by atoms with Crippen LogP contribution < -0.4 is 5.32 Å². The molecular weight excluding hydrogens is 402 g/mol. The molecule has 29 heavy (non-hydrogen) atoms. The zero-order valence-corrected chi connectivity index (χ0v) is 16.9. The van der Waals surface area contributed by atoms with Gasteiger partial charge < -0.3 is 30.5 Å². The first-order valence-corrected chi connectivity index (χ1v) is 10.1. The number of ether oxygens (including phenoxy) is 1. The van der Waals surface area contributed by atoms with Crippen molar-refractivity contribution in [1.29, 1.82) is 0 Å². The number of anilines is 1. The van der Waals surface area contributed by atoms with E-state index < -0.39 is 35.2 Å². The minimum Gasteiger partial charge on any atom is -0.394 e. The molecule has 11 heteroatoms. The largest absolute Gasteiger partial charge is 0.394 e. The normalized spacial score (nSPS) is 38.5. The predicted molar refractivity (Wildman–Crippen MR) is 102 cm³/mol. The summed E-state index contributed by atoms with van der Waals surface area (Å²) in [7, 11) is 0. The molecule has 3 aliphatic rings. The van der Waals surface area contributed by atoms with Gasteiger partial charge in [-0.25, -0.2) is 4.98 Å². The van der Waals surface area contributed by atoms with Crippen molar-refractivity contribution < 1.29 is 25.2 Å². The van der Waals surface area contributed by atoms with Crippen molar-refractivity contribution in [2.45, 2.75) is 68.8 Å². The minimum absolute atomic E-state index is 0.0580. The second-order valence-corrected chi connectivity index (χ2v) is 9.09. The highest BCUT2D eigenvalue weighted by Crippen LogP contribution is 2.76. The third-order valence-corrected chi connectivity index (χ3v) is 7.32. The maximum Gasteiger partial charge on any atom is 0.290 e. The number of nitrogens with zero attached hydrogens (tertiary/aromatic N) is 4. The summed E-state index contributed by atoms with van der Waals surface area (Å²) in [5, 5.41) is 46.7. The summed E-state index contributed by atoms with van der Waals surface area (Å²) in [6, 6.07) is 0.246. The van der Waals surface area contributed by atoms with Crippen LogP contribution in [0.3, 0.4) is 0 Å². The first kappa shape index (κ1) is 19.4. The molecule has 1 saturated heterocycles. The van der Waals surface area contributed by atoms with Crippen LogP contribution in [0.4, 0.5) is 5.82 Å². The van der Waals surface area contributed by atoms with Crippen LogP contribution in [0.2, 0.25) is 5.28 Å². The standard InChI is InChI=1S/C18H24ClN5O5/c1-15(2)16(26)10(7-25)29-18(28,17(15,16)27)24-8-20-11-12(21-9-5-3-4-6-9)22-14(19)23-13(11)24/h8-10,25-28H,3-7H2,1-2H3,(H,21,22,23)/t10-,16+,17-,18+/m1/s1. The zero-order valence-electron chi connectivity index (χ0n) is 16.1. The van der Waals surface area contributed by atoms with Crippen molar-refractivity contribution in [2.75, 3.05) is 11.9 Å². The Kier molecular flexibility index (Phi) is 3.86. The van der Waals surface area contributed by atoms with Crippen LogP contribution in [0.5, 0.6) is 0 Å². The average Bonchev–Trinajstić information content (AvgIpc) is 3.23. The molecule has 158 valence electrons. The highest BCUT2D eigenvalue weighted by molar-refractivity contribution is 6.28. The minimum atomic E-state index is -2.41. The summed E-state index contributed by atoms with van der Waals surface area (Å²) in [4.78, 5) is 12.7. The third-order valence-electron chi connectivity index (χ3n) is 7.15. The van der Waals surface area contributed by atoms with Crippen molar-refractivity contribution in [2.24, 2.45) is 5.41 Å². The lowest BCUT2D eigenvalue weighted by molar-refractivity contribution is -0.323. The van der Waals surface area contributed by atoms with Gasteiger partial charge in [-0.1, -0.05) is 26.7 Å². The molecule has 5 rings (SSSR count). The second-order valence-electron chi connectivity index (χ2n) is 8.75. The average molecular weight is 426 g/mol. The Labute approximate surface area is 171 Å². The Balaban J connectivity index is 1.64. The second kappa shape index (κ2) is 5.77. The van der Waals surface area contributed by atoms with Crippen LogP contribution in [-0.4, -0.2) is 69.9 Å². The molecule has 0 radical (unpaired) electrons. The van der Waals surface area contributed by atoms with Gasteiger partial charge in [-0.05, 0) is 24.4 Å². The van der Waals surface area contributed by atoms with E-state index in [4.69, 9.17) is 16.3 Å². The van der Waals surface area contributed by atoms with Crippen molar-refractivity contribution in [1.82, 2.24) is 19.5 Å². The highest BCUT2D eigenvalue weighted by Gasteiger charge is 2.97. The van der Waals surface area contributed by atoms with Crippen molar-refractivity contribution in [3.63, 3.8) is 0 Å². The Morgan fingerprint density at radius 2 is 1.93 bits per heavy atom. The molecular formula is C18H24ClN5O5. The lowest BCUT2D eigenvalue weighted by Crippen LogP contribution is -2.50. The molecule has 0 spiro atoms. The number of rotatable bonds is 4. The lowest BCUT2D eigenvalue weighted by atomic mass is 10.0. The van der Waals surface area contributed by atoms with Crippen molar-refractivity contribution >= 4 is 28.6 Å². The maximum absolute atomic E-state index is 11.4. The summed E-state index contributed by atoms with van der Waals surface area (Å²) in [6.07, 6.45) is 4.35. The summed E-state index contributed by atoms with van der Waals surface area (Å²) in [5.41, 5.74) is -4.59. The van der Waals surface area contributed by atoms with E-state index in [2.05, 4.69) is 20.3 Å². The van der Waals surface area contributed by atoms with E-state index in [9.17, 15) is 20.4 Å². The number of hydrogen-bond donors (Lipinski definition) is 5. The van der Waals surface area contributed by atoms with Crippen LogP contribution in [0.1, 0.15) is 39.5 Å². The molecule has 2 aromatic rings. The fourth-order valence-corrected chi connectivity index (χ4v) is 5.55. The number of nitrogens with one attached hydrogen (secondary N) is 1. The van der Waals surface area contributed by atoms with Gasteiger partial charge >= 0.3 is 0 Å². The molecule has 0 bridgehead atoms. The highest BCUT2D eigenvalue weighted by atomic mass is 35.5. The van der Waals surface area contributed by atoms with Crippen molar-refractivity contribution in [3.8, 4) is 0 Å². The van der Waals surface area contributed by atoms with E-state index in [1.165, 1.54) is 6.33 Å². The van der Waals surface area contributed by atoms with Gasteiger partial charge in [-0.15, -0.1) is 0 Å². The predicted octanol–water partition coefficient (Wildman–Crippen LogP) is 0.330. The Bertz CT molecular complexity index is 994. The SMILES string of the molecule is CC1(C)[C@]2(O)[C@@](O)(n3cnc4c(NC5CCCC5)nc(Cl)nc43)O[C@H](CO)[C@]12O. The number of hydrogen-bond acceptors (Lipinski definition) is 9. The zero-order chi connectivity index (χ0) is 20.8. The monoisotopic (exact) mass is 425 g/mol. The fraction of sp³-hybridized carbons (Fsp3) is 0.722. The van der Waals surface area contributed by atoms with E-state index in [1.54, 1.807) is 13.8 Å². The molecule has 2 aromatic heterocycles. The van der Waals surface area contributed by atoms with Gasteiger partial charge in [0, 0.05) is 11.5 Å². The number of fused-ring (bicyclic) bond motifs is 2. The van der Waals surface area contributed by atoms with E-state index in [0.29, 0.717) is 11.3 Å². The number of aliphatic hydroxyl groups is 4. The Morgan fingerprint density at radius 1 is 1.24 bits per heavy atom. The molecule has 10 nitrogen and oxygen atoms in total. The molecule has 2 saturated carbocycles. The summed E-state index contributed by atoms with van der Waals surface area (Å²) >= 11 is 6.13. The van der Waals surface area contributed by atoms with Crippen LogP contribution in [0.25, 0.3) is 11.2 Å². The number of halogens is 1. The molecule has 5 N–H and O–H groups in total. The molecule has 2 aliphatic carbocycles. The van der Waals surface area contributed by atoms with E-state index in [0.717, 1.165) is 30.3 Å². The first-order valence-electron chi connectivity index (χ1n) is 9.75. The molecule has 0 amide bonds.